The maximum absolute atomic E-state index is 12.5. The molecule has 1 aromatic heterocycles. The number of piperazine rings is 1. The topological polar surface area (TPSA) is 53.0 Å². The molecule has 0 bridgehead atoms. The van der Waals surface area contributed by atoms with E-state index in [0.29, 0.717) is 30.3 Å². The summed E-state index contributed by atoms with van der Waals surface area (Å²) in [4.78, 5) is 17.3. The van der Waals surface area contributed by atoms with Gasteiger partial charge in [-0.25, -0.2) is 0 Å². The van der Waals surface area contributed by atoms with Crippen LogP contribution in [0.4, 0.5) is 0 Å². The van der Waals surface area contributed by atoms with Gasteiger partial charge < -0.3 is 14.7 Å². The van der Waals surface area contributed by atoms with Crippen LogP contribution in [0.1, 0.15) is 30.4 Å². The van der Waals surface area contributed by atoms with E-state index in [1.165, 1.54) is 11.3 Å². The largest absolute Gasteiger partial charge is 0.495 e. The Morgan fingerprint density at radius 3 is 2.55 bits per heavy atom. The van der Waals surface area contributed by atoms with Gasteiger partial charge in [-0.05, 0) is 16.9 Å². The van der Waals surface area contributed by atoms with E-state index in [2.05, 4.69) is 4.90 Å². The summed E-state index contributed by atoms with van der Waals surface area (Å²) in [6.07, 6.45) is -0.354. The molecular weight excluding hydrogens is 300 g/mol. The van der Waals surface area contributed by atoms with Gasteiger partial charge in [0, 0.05) is 32.7 Å². The molecule has 2 rings (SSSR count). The molecule has 0 aromatic carbocycles. The Kier molecular flexibility index (Phi) is 5.47. The lowest BCUT2D eigenvalue weighted by atomic mass is 9.89. The molecule has 1 aliphatic heterocycles. The number of hydrogen-bond donors (Lipinski definition) is 1. The van der Waals surface area contributed by atoms with Crippen molar-refractivity contribution < 1.29 is 14.6 Å². The van der Waals surface area contributed by atoms with E-state index >= 15 is 0 Å². The predicted octanol–water partition coefficient (Wildman–Crippen LogP) is 1.92. The second-order valence-corrected chi connectivity index (χ2v) is 7.71. The van der Waals surface area contributed by atoms with Crippen LogP contribution in [0.25, 0.3) is 0 Å². The number of carbonyl (C=O) groups is 1. The highest BCUT2D eigenvalue weighted by atomic mass is 32.1. The summed E-state index contributed by atoms with van der Waals surface area (Å²) in [5.41, 5.74) is -0.114. The number of carbonyl (C=O) groups excluding carboxylic acids is 1. The number of aliphatic hydroxyl groups is 1. The summed E-state index contributed by atoms with van der Waals surface area (Å²) in [7, 11) is 1.59. The monoisotopic (exact) mass is 326 g/mol. The van der Waals surface area contributed by atoms with Crippen LogP contribution in [0.15, 0.2) is 11.4 Å². The van der Waals surface area contributed by atoms with Crippen molar-refractivity contribution in [1.82, 2.24) is 9.80 Å². The van der Waals surface area contributed by atoms with Crippen LogP contribution in [0.5, 0.6) is 5.75 Å². The first kappa shape index (κ1) is 17.2. The molecule has 1 amide bonds. The molecule has 0 unspecified atom stereocenters. The number of hydrogen-bond acceptors (Lipinski definition) is 5. The van der Waals surface area contributed by atoms with Gasteiger partial charge in [-0.1, -0.05) is 20.8 Å². The van der Waals surface area contributed by atoms with Crippen molar-refractivity contribution in [2.75, 3.05) is 39.8 Å². The van der Waals surface area contributed by atoms with E-state index in [0.717, 1.165) is 13.1 Å². The van der Waals surface area contributed by atoms with Crippen molar-refractivity contribution >= 4 is 17.2 Å². The van der Waals surface area contributed by atoms with Crippen LogP contribution < -0.4 is 4.74 Å². The number of β-amino-alcohol motifs (C(OH)–C–C–N with tert-alkyl or cyclic N) is 1. The number of rotatable bonds is 4. The van der Waals surface area contributed by atoms with Crippen LogP contribution in [-0.4, -0.2) is 66.8 Å². The standard InChI is InChI=1S/C16H26N2O3S/c1-16(2,3)13(19)11-17-6-8-18(9-7-17)15(20)14-12(21-4)5-10-22-14/h5,10,13,19H,6-9,11H2,1-4H3/t13-/m1/s1. The quantitative estimate of drug-likeness (QED) is 0.918. The molecule has 5 nitrogen and oxygen atoms in total. The Hall–Kier alpha value is -1.11. The van der Waals surface area contributed by atoms with E-state index in [-0.39, 0.29) is 17.4 Å². The molecule has 1 fully saturated rings. The van der Waals surface area contributed by atoms with Crippen molar-refractivity contribution in [3.8, 4) is 5.75 Å². The molecule has 22 heavy (non-hydrogen) atoms. The lowest BCUT2D eigenvalue weighted by molar-refractivity contribution is 0.0137. The molecule has 1 aromatic rings. The second-order valence-electron chi connectivity index (χ2n) is 6.79. The number of nitrogens with zero attached hydrogens (tertiary/aromatic N) is 2. The zero-order chi connectivity index (χ0) is 16.3. The molecule has 1 atom stereocenters. The zero-order valence-electron chi connectivity index (χ0n) is 13.8. The van der Waals surface area contributed by atoms with Gasteiger partial charge in [0.1, 0.15) is 10.6 Å². The van der Waals surface area contributed by atoms with Gasteiger partial charge in [-0.2, -0.15) is 0 Å². The van der Waals surface area contributed by atoms with Crippen LogP contribution >= 0.6 is 11.3 Å². The fourth-order valence-electron chi connectivity index (χ4n) is 2.41. The first-order valence-electron chi connectivity index (χ1n) is 7.64. The third-order valence-electron chi connectivity index (χ3n) is 4.13. The third kappa shape index (κ3) is 4.00. The van der Waals surface area contributed by atoms with E-state index in [4.69, 9.17) is 4.74 Å². The van der Waals surface area contributed by atoms with Gasteiger partial charge in [0.25, 0.3) is 5.91 Å². The summed E-state index contributed by atoms with van der Waals surface area (Å²) in [6, 6.07) is 1.83. The van der Waals surface area contributed by atoms with E-state index in [1.807, 2.05) is 37.1 Å². The average Bonchev–Trinajstić information content (AvgIpc) is 2.94. The third-order valence-corrected chi connectivity index (χ3v) is 5.02. The van der Waals surface area contributed by atoms with Gasteiger partial charge in [-0.15, -0.1) is 11.3 Å². The average molecular weight is 326 g/mol. The first-order valence-corrected chi connectivity index (χ1v) is 8.52. The van der Waals surface area contributed by atoms with Crippen LogP contribution in [0, 0.1) is 5.41 Å². The SMILES string of the molecule is COc1ccsc1C(=O)N1CCN(C[C@@H](O)C(C)(C)C)CC1. The molecule has 6 heteroatoms. The van der Waals surface area contributed by atoms with Gasteiger partial charge in [0.15, 0.2) is 0 Å². The molecule has 0 saturated carbocycles. The lowest BCUT2D eigenvalue weighted by Gasteiger charge is -2.37. The van der Waals surface area contributed by atoms with Crippen molar-refractivity contribution in [3.05, 3.63) is 16.3 Å². The fraction of sp³-hybridized carbons (Fsp3) is 0.688. The Bertz CT molecular complexity index is 502. The van der Waals surface area contributed by atoms with Gasteiger partial charge >= 0.3 is 0 Å². The zero-order valence-corrected chi connectivity index (χ0v) is 14.7. The molecule has 1 saturated heterocycles. The number of amides is 1. The van der Waals surface area contributed by atoms with Gasteiger partial charge in [0.05, 0.1) is 13.2 Å². The lowest BCUT2D eigenvalue weighted by Crippen LogP contribution is -2.51. The maximum Gasteiger partial charge on any atom is 0.267 e. The highest BCUT2D eigenvalue weighted by molar-refractivity contribution is 7.12. The smallest absolute Gasteiger partial charge is 0.267 e. The molecule has 0 radical (unpaired) electrons. The van der Waals surface area contributed by atoms with E-state index in [1.54, 1.807) is 7.11 Å². The summed E-state index contributed by atoms with van der Waals surface area (Å²) in [6.45, 7) is 9.77. The Labute approximate surface area is 136 Å². The molecule has 124 valence electrons. The number of aliphatic hydroxyl groups excluding tert-OH is 1. The van der Waals surface area contributed by atoms with Gasteiger partial charge in [-0.3, -0.25) is 9.69 Å². The molecule has 1 aliphatic rings. The number of ether oxygens (including phenoxy) is 1. The van der Waals surface area contributed by atoms with Crippen LogP contribution in [0.2, 0.25) is 0 Å². The first-order chi connectivity index (χ1) is 10.3. The highest BCUT2D eigenvalue weighted by Gasteiger charge is 2.29. The van der Waals surface area contributed by atoms with Crippen molar-refractivity contribution in [2.45, 2.75) is 26.9 Å². The minimum absolute atomic E-state index is 0.0443. The second kappa shape index (κ2) is 6.98. The highest BCUT2D eigenvalue weighted by Crippen LogP contribution is 2.26. The number of thiophene rings is 1. The van der Waals surface area contributed by atoms with Crippen LogP contribution in [-0.2, 0) is 0 Å². The summed E-state index contributed by atoms with van der Waals surface area (Å²) in [5, 5.41) is 12.1. The number of methoxy groups -OCH3 is 1. The maximum atomic E-state index is 12.5. The Morgan fingerprint density at radius 2 is 2.00 bits per heavy atom. The summed E-state index contributed by atoms with van der Waals surface area (Å²) in [5.74, 6) is 0.698. The predicted molar refractivity (Wildman–Crippen MR) is 88.7 cm³/mol. The van der Waals surface area contributed by atoms with Gasteiger partial charge in [0.2, 0.25) is 0 Å². The minimum atomic E-state index is -0.354. The molecule has 0 spiro atoms. The van der Waals surface area contributed by atoms with Crippen LogP contribution in [0.3, 0.4) is 0 Å². The summed E-state index contributed by atoms with van der Waals surface area (Å²) < 4.78 is 5.23. The van der Waals surface area contributed by atoms with Crippen molar-refractivity contribution in [2.24, 2.45) is 5.41 Å². The molecule has 1 N–H and O–H groups in total. The Balaban J connectivity index is 1.88. The molecule has 2 heterocycles. The molecular formula is C16H26N2O3S. The normalized spacial score (nSPS) is 18.3. The summed E-state index contributed by atoms with van der Waals surface area (Å²) >= 11 is 1.42. The van der Waals surface area contributed by atoms with Crippen molar-refractivity contribution in [3.63, 3.8) is 0 Å². The fourth-order valence-corrected chi connectivity index (χ4v) is 3.23. The minimum Gasteiger partial charge on any atom is -0.495 e. The van der Waals surface area contributed by atoms with E-state index < -0.39 is 0 Å². The van der Waals surface area contributed by atoms with Crippen molar-refractivity contribution in [1.29, 1.82) is 0 Å². The van der Waals surface area contributed by atoms with E-state index in [9.17, 15) is 9.90 Å². The molecule has 0 aliphatic carbocycles. The Morgan fingerprint density at radius 1 is 1.36 bits per heavy atom.